The van der Waals surface area contributed by atoms with Crippen molar-refractivity contribution in [3.05, 3.63) is 29.6 Å². The fourth-order valence-electron chi connectivity index (χ4n) is 2.35. The van der Waals surface area contributed by atoms with Crippen LogP contribution in [0, 0.1) is 6.92 Å². The van der Waals surface area contributed by atoms with Crippen molar-refractivity contribution in [3.8, 4) is 0 Å². The van der Waals surface area contributed by atoms with Gasteiger partial charge in [-0.1, -0.05) is 6.07 Å². The number of carbonyl (C=O) groups is 2. The number of nitrogens with one attached hydrogen (secondary N) is 1. The molecule has 0 spiro atoms. The maximum Gasteiger partial charge on any atom is 0.312 e. The minimum absolute atomic E-state index is 0.370. The Bertz CT molecular complexity index is 512. The van der Waals surface area contributed by atoms with E-state index >= 15 is 0 Å². The molecule has 114 valence electrons. The highest BCUT2D eigenvalue weighted by Gasteiger charge is 2.27. The van der Waals surface area contributed by atoms with Crippen LogP contribution in [0.1, 0.15) is 18.3 Å². The quantitative estimate of drug-likeness (QED) is 0.806. The van der Waals surface area contributed by atoms with Gasteiger partial charge in [0.2, 0.25) is 0 Å². The van der Waals surface area contributed by atoms with Crippen molar-refractivity contribution >= 4 is 11.8 Å². The van der Waals surface area contributed by atoms with Gasteiger partial charge < -0.3 is 15.1 Å². The van der Waals surface area contributed by atoms with Gasteiger partial charge in [-0.05, 0) is 26.0 Å². The smallest absolute Gasteiger partial charge is 0.312 e. The second-order valence-electron chi connectivity index (χ2n) is 5.13. The molecule has 0 bridgehead atoms. The third-order valence-electron chi connectivity index (χ3n) is 3.55. The Labute approximate surface area is 125 Å². The van der Waals surface area contributed by atoms with E-state index in [1.807, 2.05) is 32.0 Å². The predicted octanol–water partition coefficient (Wildman–Crippen LogP) is 0.170. The lowest BCUT2D eigenvalue weighted by Crippen LogP contribution is -2.52. The molecule has 0 atom stereocenters. The van der Waals surface area contributed by atoms with Crippen LogP contribution in [0.3, 0.4) is 0 Å². The molecule has 2 amide bonds. The summed E-state index contributed by atoms with van der Waals surface area (Å²) in [4.78, 5) is 32.1. The molecule has 21 heavy (non-hydrogen) atoms. The maximum absolute atomic E-state index is 12.3. The minimum Gasteiger partial charge on any atom is -0.332 e. The number of piperazine rings is 1. The van der Waals surface area contributed by atoms with E-state index in [-0.39, 0.29) is 0 Å². The number of aromatic nitrogens is 1. The molecular weight excluding hydrogens is 268 g/mol. The summed E-state index contributed by atoms with van der Waals surface area (Å²) in [6.45, 7) is 7.30. The first-order valence-electron chi connectivity index (χ1n) is 7.33. The predicted molar refractivity (Wildman–Crippen MR) is 79.5 cm³/mol. The van der Waals surface area contributed by atoms with Gasteiger partial charge in [-0.15, -0.1) is 0 Å². The number of likely N-dealkylation sites (N-methyl/N-ethyl adjacent to an activating group) is 1. The van der Waals surface area contributed by atoms with E-state index in [4.69, 9.17) is 0 Å². The second-order valence-corrected chi connectivity index (χ2v) is 5.13. The second kappa shape index (κ2) is 7.17. The molecule has 2 rings (SSSR count). The first-order chi connectivity index (χ1) is 10.1. The zero-order chi connectivity index (χ0) is 15.2. The van der Waals surface area contributed by atoms with E-state index in [1.54, 1.807) is 9.80 Å². The Morgan fingerprint density at radius 1 is 1.33 bits per heavy atom. The summed E-state index contributed by atoms with van der Waals surface area (Å²) in [5.41, 5.74) is 1.71. The molecule has 0 radical (unpaired) electrons. The Morgan fingerprint density at radius 3 is 2.67 bits per heavy atom. The maximum atomic E-state index is 12.3. The van der Waals surface area contributed by atoms with Gasteiger partial charge in [0.25, 0.3) is 0 Å². The summed E-state index contributed by atoms with van der Waals surface area (Å²) in [6, 6.07) is 5.69. The lowest BCUT2D eigenvalue weighted by Gasteiger charge is -2.29. The summed E-state index contributed by atoms with van der Waals surface area (Å²) >= 11 is 0. The van der Waals surface area contributed by atoms with Crippen LogP contribution in [0.2, 0.25) is 0 Å². The van der Waals surface area contributed by atoms with Crippen LogP contribution in [-0.2, 0) is 16.1 Å². The zero-order valence-corrected chi connectivity index (χ0v) is 12.6. The lowest BCUT2D eigenvalue weighted by molar-refractivity contribution is -0.152. The first-order valence-corrected chi connectivity index (χ1v) is 7.33. The molecule has 1 N–H and O–H groups in total. The first kappa shape index (κ1) is 15.4. The number of aryl methyl sites for hydroxylation is 1. The number of rotatable bonds is 3. The molecule has 6 nitrogen and oxygen atoms in total. The van der Waals surface area contributed by atoms with Crippen molar-refractivity contribution in [3.63, 3.8) is 0 Å². The Morgan fingerprint density at radius 2 is 2.05 bits per heavy atom. The summed E-state index contributed by atoms with van der Waals surface area (Å²) < 4.78 is 0. The molecule has 1 aromatic rings. The van der Waals surface area contributed by atoms with Crippen LogP contribution in [0.4, 0.5) is 0 Å². The number of carbonyl (C=O) groups excluding carboxylic acids is 2. The van der Waals surface area contributed by atoms with E-state index in [0.717, 1.165) is 24.5 Å². The van der Waals surface area contributed by atoms with E-state index in [1.165, 1.54) is 0 Å². The van der Waals surface area contributed by atoms with Crippen molar-refractivity contribution in [2.45, 2.75) is 20.4 Å². The van der Waals surface area contributed by atoms with Crippen molar-refractivity contribution in [1.29, 1.82) is 0 Å². The van der Waals surface area contributed by atoms with Gasteiger partial charge in [0, 0.05) is 38.4 Å². The molecule has 1 fully saturated rings. The highest BCUT2D eigenvalue weighted by Crippen LogP contribution is 2.06. The van der Waals surface area contributed by atoms with Crippen molar-refractivity contribution in [2.75, 3.05) is 32.7 Å². The van der Waals surface area contributed by atoms with Gasteiger partial charge in [0.15, 0.2) is 0 Å². The summed E-state index contributed by atoms with van der Waals surface area (Å²) in [5, 5.41) is 3.17. The van der Waals surface area contributed by atoms with Gasteiger partial charge in [-0.3, -0.25) is 14.6 Å². The molecule has 0 aliphatic carbocycles. The third kappa shape index (κ3) is 4.01. The highest BCUT2D eigenvalue weighted by atomic mass is 16.2. The van der Waals surface area contributed by atoms with Gasteiger partial charge in [0.1, 0.15) is 0 Å². The van der Waals surface area contributed by atoms with E-state index in [9.17, 15) is 9.59 Å². The fraction of sp³-hybridized carbons (Fsp3) is 0.533. The summed E-state index contributed by atoms with van der Waals surface area (Å²) in [6.07, 6.45) is 0. The Kier molecular flexibility index (Phi) is 5.27. The van der Waals surface area contributed by atoms with Crippen molar-refractivity contribution in [2.24, 2.45) is 0 Å². The van der Waals surface area contributed by atoms with E-state index in [0.29, 0.717) is 26.2 Å². The summed E-state index contributed by atoms with van der Waals surface area (Å²) in [7, 11) is 0. The SMILES string of the molecule is CCN(Cc1cccc(C)n1)C(=O)C(=O)N1CCNCC1. The molecule has 0 saturated carbocycles. The average Bonchev–Trinajstić information content (AvgIpc) is 2.52. The van der Waals surface area contributed by atoms with Crippen LogP contribution in [-0.4, -0.2) is 59.3 Å². The van der Waals surface area contributed by atoms with Crippen LogP contribution < -0.4 is 5.32 Å². The molecule has 2 heterocycles. The van der Waals surface area contributed by atoms with Gasteiger partial charge >= 0.3 is 11.8 Å². The van der Waals surface area contributed by atoms with Crippen LogP contribution in [0.15, 0.2) is 18.2 Å². The van der Waals surface area contributed by atoms with E-state index < -0.39 is 11.8 Å². The molecule has 0 aromatic carbocycles. The van der Waals surface area contributed by atoms with Crippen LogP contribution in [0.5, 0.6) is 0 Å². The molecule has 1 aliphatic heterocycles. The largest absolute Gasteiger partial charge is 0.332 e. The topological polar surface area (TPSA) is 65.5 Å². The Hall–Kier alpha value is -1.95. The van der Waals surface area contributed by atoms with Crippen molar-refractivity contribution in [1.82, 2.24) is 20.1 Å². The normalized spacial score (nSPS) is 14.9. The molecular formula is C15H22N4O2. The zero-order valence-electron chi connectivity index (χ0n) is 12.6. The Balaban J connectivity index is 2.02. The number of amides is 2. The minimum atomic E-state index is -0.442. The number of hydrogen-bond acceptors (Lipinski definition) is 4. The summed E-state index contributed by atoms with van der Waals surface area (Å²) in [5.74, 6) is -0.853. The molecule has 1 saturated heterocycles. The van der Waals surface area contributed by atoms with Crippen LogP contribution >= 0.6 is 0 Å². The number of hydrogen-bond donors (Lipinski definition) is 1. The number of pyridine rings is 1. The molecule has 1 aromatic heterocycles. The monoisotopic (exact) mass is 290 g/mol. The van der Waals surface area contributed by atoms with Gasteiger partial charge in [0.05, 0.1) is 12.2 Å². The average molecular weight is 290 g/mol. The highest BCUT2D eigenvalue weighted by molar-refractivity contribution is 6.34. The molecule has 0 unspecified atom stereocenters. The van der Waals surface area contributed by atoms with Gasteiger partial charge in [-0.2, -0.15) is 0 Å². The third-order valence-corrected chi connectivity index (χ3v) is 3.55. The molecule has 1 aliphatic rings. The van der Waals surface area contributed by atoms with Crippen molar-refractivity contribution < 1.29 is 9.59 Å². The van der Waals surface area contributed by atoms with Crippen LogP contribution in [0.25, 0.3) is 0 Å². The lowest BCUT2D eigenvalue weighted by atomic mass is 10.2. The van der Waals surface area contributed by atoms with E-state index in [2.05, 4.69) is 10.3 Å². The fourth-order valence-corrected chi connectivity index (χ4v) is 2.35. The van der Waals surface area contributed by atoms with Gasteiger partial charge in [-0.25, -0.2) is 0 Å². The molecule has 6 heteroatoms. The number of nitrogens with zero attached hydrogens (tertiary/aromatic N) is 3. The standard InChI is InChI=1S/C15H22N4O2/c1-3-18(11-13-6-4-5-12(2)17-13)14(20)15(21)19-9-7-16-8-10-19/h4-6,16H,3,7-11H2,1-2H3.